The number of aryl methyl sites for hydroxylation is 1. The normalized spacial score (nSPS) is 17.8. The molecule has 1 aromatic heterocycles. The summed E-state index contributed by atoms with van der Waals surface area (Å²) in [6, 6.07) is 9.87. The molecule has 33 heavy (non-hydrogen) atoms. The molecule has 8 heteroatoms. The minimum atomic E-state index is -0.768. The van der Waals surface area contributed by atoms with Crippen LogP contribution >= 0.6 is 23.2 Å². The largest absolute Gasteiger partial charge is 0.507 e. The number of aliphatic hydroxyl groups excluding tert-OH is 1. The molecule has 0 bridgehead atoms. The highest BCUT2D eigenvalue weighted by Gasteiger charge is 2.47. The van der Waals surface area contributed by atoms with Gasteiger partial charge < -0.3 is 19.7 Å². The van der Waals surface area contributed by atoms with Gasteiger partial charge in [0.1, 0.15) is 11.5 Å². The van der Waals surface area contributed by atoms with Crippen LogP contribution in [0.1, 0.15) is 42.6 Å². The third-order valence-electron chi connectivity index (χ3n) is 5.98. The Bertz CT molecular complexity index is 1300. The number of likely N-dealkylation sites (tertiary alicyclic amines) is 1. The van der Waals surface area contributed by atoms with Crippen LogP contribution in [0.5, 0.6) is 5.75 Å². The third kappa shape index (κ3) is 3.87. The van der Waals surface area contributed by atoms with Crippen molar-refractivity contribution < 1.29 is 19.4 Å². The molecule has 0 saturated carbocycles. The summed E-state index contributed by atoms with van der Waals surface area (Å²) in [5.41, 5.74) is 2.61. The molecule has 1 amide bonds. The number of nitrogens with zero attached hydrogens (tertiary/aromatic N) is 1. The number of benzene rings is 2. The molecule has 1 aliphatic rings. The van der Waals surface area contributed by atoms with Gasteiger partial charge in [0, 0.05) is 33.7 Å². The van der Waals surface area contributed by atoms with E-state index in [9.17, 15) is 14.7 Å². The van der Waals surface area contributed by atoms with Crippen LogP contribution in [0.2, 0.25) is 10.0 Å². The highest BCUT2D eigenvalue weighted by Crippen LogP contribution is 2.45. The molecular formula is C25H24Cl2N2O4. The van der Waals surface area contributed by atoms with Gasteiger partial charge in [0.2, 0.25) is 0 Å². The van der Waals surface area contributed by atoms with Gasteiger partial charge in [-0.25, -0.2) is 0 Å². The summed E-state index contributed by atoms with van der Waals surface area (Å²) in [6.07, 6.45) is 1.57. The first-order valence-electron chi connectivity index (χ1n) is 10.7. The molecule has 1 saturated heterocycles. The smallest absolute Gasteiger partial charge is 0.295 e. The van der Waals surface area contributed by atoms with Crippen LogP contribution in [-0.2, 0) is 9.59 Å². The predicted octanol–water partition coefficient (Wildman–Crippen LogP) is 6.01. The molecule has 0 radical (unpaired) electrons. The second-order valence-electron chi connectivity index (χ2n) is 8.02. The Morgan fingerprint density at radius 2 is 1.94 bits per heavy atom. The number of para-hydroxylation sites is 1. The number of aromatic nitrogens is 1. The molecule has 1 unspecified atom stereocenters. The summed E-state index contributed by atoms with van der Waals surface area (Å²) in [6.45, 7) is 4.29. The van der Waals surface area contributed by atoms with Gasteiger partial charge in [0.05, 0.1) is 29.3 Å². The molecule has 4 rings (SSSR count). The number of amides is 1. The standard InChI is InChI=1S/C25H24Cl2N2O4/c1-4-5-10-29-21(19-13(2)28-18-9-7-6-8-15(18)19)20(23(31)25(29)32)22(30)16-11-14(26)12-17(27)24(16)33-3/h6-9,11-12,21,28,30H,4-5,10H2,1-3H3/b22-20+. The fraction of sp³-hybridized carbons (Fsp3) is 0.280. The van der Waals surface area contributed by atoms with E-state index in [0.29, 0.717) is 6.54 Å². The molecular weight excluding hydrogens is 463 g/mol. The van der Waals surface area contributed by atoms with Crippen molar-refractivity contribution in [1.82, 2.24) is 9.88 Å². The molecule has 1 fully saturated rings. The summed E-state index contributed by atoms with van der Waals surface area (Å²) >= 11 is 12.5. The lowest BCUT2D eigenvalue weighted by atomic mass is 9.93. The number of hydrogen-bond donors (Lipinski definition) is 2. The second-order valence-corrected chi connectivity index (χ2v) is 8.87. The van der Waals surface area contributed by atoms with Gasteiger partial charge in [-0.05, 0) is 31.5 Å². The number of Topliss-reactive ketones (excluding diaryl/α,β-unsaturated/α-hetero) is 1. The molecule has 1 atom stereocenters. The zero-order valence-corrected chi connectivity index (χ0v) is 20.0. The van der Waals surface area contributed by atoms with Gasteiger partial charge in [-0.1, -0.05) is 54.7 Å². The number of ether oxygens (including phenoxy) is 1. The van der Waals surface area contributed by atoms with Crippen LogP contribution in [0.3, 0.4) is 0 Å². The zero-order chi connectivity index (χ0) is 23.9. The van der Waals surface area contributed by atoms with E-state index in [1.807, 2.05) is 38.1 Å². The molecule has 2 heterocycles. The monoisotopic (exact) mass is 486 g/mol. The molecule has 3 aromatic rings. The van der Waals surface area contributed by atoms with Gasteiger partial charge in [-0.3, -0.25) is 9.59 Å². The first kappa shape index (κ1) is 23.2. The summed E-state index contributed by atoms with van der Waals surface area (Å²) in [5.74, 6) is -1.60. The molecule has 0 spiro atoms. The SMILES string of the molecule is CCCCN1C(=O)C(=O)/C(=C(/O)c2cc(Cl)cc(Cl)c2OC)C1c1c(C)[nH]c2ccccc12. The number of hydrogen-bond acceptors (Lipinski definition) is 4. The van der Waals surface area contributed by atoms with E-state index < -0.39 is 17.7 Å². The quantitative estimate of drug-likeness (QED) is 0.253. The number of H-pyrrole nitrogens is 1. The number of halogens is 2. The second kappa shape index (κ2) is 9.12. The van der Waals surface area contributed by atoms with Crippen molar-refractivity contribution in [2.45, 2.75) is 32.7 Å². The van der Waals surface area contributed by atoms with Gasteiger partial charge in [-0.2, -0.15) is 0 Å². The Balaban J connectivity index is 2.03. The summed E-state index contributed by atoms with van der Waals surface area (Å²) in [5, 5.41) is 12.7. The molecule has 2 N–H and O–H groups in total. The molecule has 1 aliphatic heterocycles. The van der Waals surface area contributed by atoms with Crippen LogP contribution in [0.4, 0.5) is 0 Å². The Morgan fingerprint density at radius 1 is 1.21 bits per heavy atom. The maximum Gasteiger partial charge on any atom is 0.295 e. The lowest BCUT2D eigenvalue weighted by Gasteiger charge is -2.25. The highest BCUT2D eigenvalue weighted by atomic mass is 35.5. The Kier molecular flexibility index (Phi) is 6.41. The van der Waals surface area contributed by atoms with Crippen molar-refractivity contribution in [3.05, 3.63) is 68.8 Å². The van der Waals surface area contributed by atoms with E-state index in [1.54, 1.807) is 4.90 Å². The van der Waals surface area contributed by atoms with E-state index in [0.717, 1.165) is 35.0 Å². The van der Waals surface area contributed by atoms with Crippen molar-refractivity contribution in [2.24, 2.45) is 0 Å². The van der Waals surface area contributed by atoms with Gasteiger partial charge >= 0.3 is 0 Å². The number of carbonyl (C=O) groups is 2. The Morgan fingerprint density at radius 3 is 2.64 bits per heavy atom. The minimum Gasteiger partial charge on any atom is -0.507 e. The Labute approximate surface area is 201 Å². The number of ketones is 1. The summed E-state index contributed by atoms with van der Waals surface area (Å²) < 4.78 is 5.38. The minimum absolute atomic E-state index is 0.0133. The number of rotatable bonds is 6. The number of methoxy groups -OCH3 is 1. The lowest BCUT2D eigenvalue weighted by molar-refractivity contribution is -0.139. The topological polar surface area (TPSA) is 82.6 Å². The van der Waals surface area contributed by atoms with Crippen LogP contribution < -0.4 is 4.74 Å². The molecule has 6 nitrogen and oxygen atoms in total. The molecule has 0 aliphatic carbocycles. The van der Waals surface area contributed by atoms with Gasteiger partial charge in [0.15, 0.2) is 0 Å². The van der Waals surface area contributed by atoms with Crippen LogP contribution in [-0.4, -0.2) is 40.3 Å². The van der Waals surface area contributed by atoms with E-state index in [2.05, 4.69) is 4.98 Å². The number of aromatic amines is 1. The average Bonchev–Trinajstić information content (AvgIpc) is 3.23. The fourth-order valence-electron chi connectivity index (χ4n) is 4.48. The number of nitrogens with one attached hydrogen (secondary N) is 1. The lowest BCUT2D eigenvalue weighted by Crippen LogP contribution is -2.30. The van der Waals surface area contributed by atoms with Gasteiger partial charge in [-0.15, -0.1) is 0 Å². The summed E-state index contributed by atoms with van der Waals surface area (Å²) in [4.78, 5) is 31.3. The first-order chi connectivity index (χ1) is 15.8. The molecule has 2 aromatic carbocycles. The third-order valence-corrected chi connectivity index (χ3v) is 6.48. The van der Waals surface area contributed by atoms with E-state index in [1.165, 1.54) is 19.2 Å². The highest BCUT2D eigenvalue weighted by molar-refractivity contribution is 6.47. The van der Waals surface area contributed by atoms with Crippen LogP contribution in [0.15, 0.2) is 42.0 Å². The van der Waals surface area contributed by atoms with Crippen molar-refractivity contribution in [3.63, 3.8) is 0 Å². The average molecular weight is 487 g/mol. The van der Waals surface area contributed by atoms with Crippen molar-refractivity contribution in [3.8, 4) is 5.75 Å². The van der Waals surface area contributed by atoms with Gasteiger partial charge in [0.25, 0.3) is 11.7 Å². The zero-order valence-electron chi connectivity index (χ0n) is 18.5. The fourth-order valence-corrected chi connectivity index (χ4v) is 5.05. The number of carbonyl (C=O) groups excluding carboxylic acids is 2. The van der Waals surface area contributed by atoms with E-state index in [4.69, 9.17) is 27.9 Å². The maximum atomic E-state index is 13.3. The summed E-state index contributed by atoms with van der Waals surface area (Å²) in [7, 11) is 1.41. The van der Waals surface area contributed by atoms with Crippen molar-refractivity contribution >= 4 is 51.6 Å². The Hall–Kier alpha value is -2.96. The van der Waals surface area contributed by atoms with E-state index >= 15 is 0 Å². The number of aliphatic hydroxyl groups is 1. The van der Waals surface area contributed by atoms with Crippen LogP contribution in [0.25, 0.3) is 16.7 Å². The maximum absolute atomic E-state index is 13.3. The number of unbranched alkanes of at least 4 members (excludes halogenated alkanes) is 1. The predicted molar refractivity (Wildman–Crippen MR) is 130 cm³/mol. The molecule has 172 valence electrons. The van der Waals surface area contributed by atoms with Crippen molar-refractivity contribution in [2.75, 3.05) is 13.7 Å². The first-order valence-corrected chi connectivity index (χ1v) is 11.4. The van der Waals surface area contributed by atoms with E-state index in [-0.39, 0.29) is 32.7 Å². The number of fused-ring (bicyclic) bond motifs is 1. The van der Waals surface area contributed by atoms with Crippen LogP contribution in [0, 0.1) is 6.92 Å². The van der Waals surface area contributed by atoms with Crippen molar-refractivity contribution in [1.29, 1.82) is 0 Å².